The predicted molar refractivity (Wildman–Crippen MR) is 104 cm³/mol. The first-order valence-corrected chi connectivity index (χ1v) is 9.87. The number of likely N-dealkylation sites (tertiary alicyclic amines) is 1. The minimum absolute atomic E-state index is 0.101. The van der Waals surface area contributed by atoms with Crippen molar-refractivity contribution >= 4 is 28.9 Å². The van der Waals surface area contributed by atoms with Gasteiger partial charge in [-0.05, 0) is 62.4 Å². The minimum Gasteiger partial charge on any atom is -0.462 e. The highest BCUT2D eigenvalue weighted by molar-refractivity contribution is 7.10. The Labute approximate surface area is 158 Å². The lowest BCUT2D eigenvalue weighted by molar-refractivity contribution is -0.117. The number of hydrogen-bond donors (Lipinski definition) is 1. The minimum atomic E-state index is -0.417. The zero-order valence-corrected chi connectivity index (χ0v) is 15.8. The third-order valence-electron chi connectivity index (χ3n) is 4.60. The van der Waals surface area contributed by atoms with Gasteiger partial charge in [0.05, 0.1) is 24.4 Å². The summed E-state index contributed by atoms with van der Waals surface area (Å²) in [6.07, 6.45) is 2.15. The van der Waals surface area contributed by atoms with Gasteiger partial charge in [0, 0.05) is 4.88 Å². The molecule has 2 heterocycles. The molecule has 0 aliphatic carbocycles. The van der Waals surface area contributed by atoms with E-state index in [0.717, 1.165) is 25.9 Å². The average Bonchev–Trinajstić information content (AvgIpc) is 3.17. The van der Waals surface area contributed by atoms with Gasteiger partial charge in [-0.1, -0.05) is 18.2 Å². The number of amides is 1. The van der Waals surface area contributed by atoms with Crippen molar-refractivity contribution in [3.63, 3.8) is 0 Å². The van der Waals surface area contributed by atoms with Crippen molar-refractivity contribution in [1.82, 2.24) is 4.90 Å². The van der Waals surface area contributed by atoms with E-state index in [9.17, 15) is 9.59 Å². The molecule has 2 aromatic rings. The van der Waals surface area contributed by atoms with Gasteiger partial charge in [-0.3, -0.25) is 9.69 Å². The molecule has 26 heavy (non-hydrogen) atoms. The first kappa shape index (κ1) is 18.6. The SMILES string of the molecule is CCOC(=O)c1ccccc1NC(=O)CN1CCC(c2cccs2)CC1. The van der Waals surface area contributed by atoms with Gasteiger partial charge in [-0.25, -0.2) is 4.79 Å². The van der Waals surface area contributed by atoms with Crippen molar-refractivity contribution in [3.8, 4) is 0 Å². The van der Waals surface area contributed by atoms with E-state index in [1.165, 1.54) is 4.88 Å². The number of esters is 1. The molecule has 1 fully saturated rings. The van der Waals surface area contributed by atoms with E-state index in [4.69, 9.17) is 4.74 Å². The van der Waals surface area contributed by atoms with Crippen molar-refractivity contribution in [2.24, 2.45) is 0 Å². The Balaban J connectivity index is 1.53. The number of para-hydroxylation sites is 1. The Bertz CT molecular complexity index is 737. The number of anilines is 1. The first-order chi connectivity index (χ1) is 12.7. The number of ether oxygens (including phenoxy) is 1. The summed E-state index contributed by atoms with van der Waals surface area (Å²) in [6.45, 7) is 4.23. The monoisotopic (exact) mass is 372 g/mol. The lowest BCUT2D eigenvalue weighted by atomic mass is 9.95. The average molecular weight is 372 g/mol. The molecule has 3 rings (SSSR count). The third kappa shape index (κ3) is 4.71. The van der Waals surface area contributed by atoms with Crippen LogP contribution in [0.4, 0.5) is 5.69 Å². The molecule has 0 spiro atoms. The zero-order valence-electron chi connectivity index (χ0n) is 14.9. The summed E-state index contributed by atoms with van der Waals surface area (Å²) in [7, 11) is 0. The van der Waals surface area contributed by atoms with Crippen LogP contribution in [0.25, 0.3) is 0 Å². The van der Waals surface area contributed by atoms with E-state index in [-0.39, 0.29) is 5.91 Å². The smallest absolute Gasteiger partial charge is 0.340 e. The number of nitrogens with zero attached hydrogens (tertiary/aromatic N) is 1. The van der Waals surface area contributed by atoms with E-state index < -0.39 is 5.97 Å². The highest BCUT2D eigenvalue weighted by Gasteiger charge is 2.23. The normalized spacial score (nSPS) is 15.6. The second-order valence-corrected chi connectivity index (χ2v) is 7.36. The number of hydrogen-bond acceptors (Lipinski definition) is 5. The first-order valence-electron chi connectivity index (χ1n) is 8.99. The topological polar surface area (TPSA) is 58.6 Å². The zero-order chi connectivity index (χ0) is 18.4. The van der Waals surface area contributed by atoms with Gasteiger partial charge in [0.15, 0.2) is 0 Å². The molecular formula is C20H24N2O3S. The molecule has 1 aromatic carbocycles. The Morgan fingerprint density at radius 2 is 1.96 bits per heavy atom. The number of benzene rings is 1. The van der Waals surface area contributed by atoms with E-state index >= 15 is 0 Å². The molecule has 6 heteroatoms. The molecule has 138 valence electrons. The van der Waals surface area contributed by atoms with Gasteiger partial charge in [-0.2, -0.15) is 0 Å². The van der Waals surface area contributed by atoms with Gasteiger partial charge in [0.2, 0.25) is 5.91 Å². The van der Waals surface area contributed by atoms with Crippen LogP contribution in [0.15, 0.2) is 41.8 Å². The van der Waals surface area contributed by atoms with Gasteiger partial charge < -0.3 is 10.1 Å². The second-order valence-electron chi connectivity index (χ2n) is 6.38. The largest absolute Gasteiger partial charge is 0.462 e. The lowest BCUT2D eigenvalue weighted by Gasteiger charge is -2.31. The molecule has 1 saturated heterocycles. The van der Waals surface area contributed by atoms with Gasteiger partial charge in [0.1, 0.15) is 0 Å². The quantitative estimate of drug-likeness (QED) is 0.785. The molecule has 1 aliphatic heterocycles. The second kappa shape index (κ2) is 8.96. The maximum absolute atomic E-state index is 12.4. The van der Waals surface area contributed by atoms with Crippen LogP contribution in [0.5, 0.6) is 0 Å². The Morgan fingerprint density at radius 3 is 2.65 bits per heavy atom. The number of piperidine rings is 1. The van der Waals surface area contributed by atoms with Gasteiger partial charge in [0.25, 0.3) is 0 Å². The van der Waals surface area contributed by atoms with Crippen LogP contribution in [0, 0.1) is 0 Å². The Kier molecular flexibility index (Phi) is 6.41. The Hall–Kier alpha value is -2.18. The van der Waals surface area contributed by atoms with Gasteiger partial charge in [-0.15, -0.1) is 11.3 Å². The fourth-order valence-electron chi connectivity index (χ4n) is 3.27. The summed E-state index contributed by atoms with van der Waals surface area (Å²) in [6, 6.07) is 11.3. The molecule has 1 aromatic heterocycles. The van der Waals surface area contributed by atoms with Crippen LogP contribution < -0.4 is 5.32 Å². The summed E-state index contributed by atoms with van der Waals surface area (Å²) in [4.78, 5) is 28.0. The molecule has 1 N–H and O–H groups in total. The fraction of sp³-hybridized carbons (Fsp3) is 0.400. The fourth-order valence-corrected chi connectivity index (χ4v) is 4.17. The number of nitrogens with one attached hydrogen (secondary N) is 1. The van der Waals surface area contributed by atoms with Crippen molar-refractivity contribution in [1.29, 1.82) is 0 Å². The molecule has 0 atom stereocenters. The lowest BCUT2D eigenvalue weighted by Crippen LogP contribution is -2.38. The number of carbonyl (C=O) groups excluding carboxylic acids is 2. The highest BCUT2D eigenvalue weighted by Crippen LogP contribution is 2.30. The predicted octanol–water partition coefficient (Wildman–Crippen LogP) is 3.74. The van der Waals surface area contributed by atoms with E-state index in [1.54, 1.807) is 31.2 Å². The molecular weight excluding hydrogens is 348 g/mol. The van der Waals surface area contributed by atoms with E-state index in [1.807, 2.05) is 11.3 Å². The van der Waals surface area contributed by atoms with Crippen LogP contribution in [0.1, 0.15) is 40.9 Å². The number of rotatable bonds is 6. The molecule has 1 aliphatic rings. The van der Waals surface area contributed by atoms with Crippen LogP contribution in [0.3, 0.4) is 0 Å². The van der Waals surface area contributed by atoms with Crippen LogP contribution in [-0.4, -0.2) is 43.0 Å². The maximum Gasteiger partial charge on any atom is 0.340 e. The van der Waals surface area contributed by atoms with Crippen molar-refractivity contribution < 1.29 is 14.3 Å². The van der Waals surface area contributed by atoms with Gasteiger partial charge >= 0.3 is 5.97 Å². The third-order valence-corrected chi connectivity index (χ3v) is 5.63. The molecule has 5 nitrogen and oxygen atoms in total. The maximum atomic E-state index is 12.4. The molecule has 1 amide bonds. The van der Waals surface area contributed by atoms with E-state index in [2.05, 4.69) is 27.7 Å². The highest BCUT2D eigenvalue weighted by atomic mass is 32.1. The summed E-state index contributed by atoms with van der Waals surface area (Å²) in [5, 5.41) is 4.98. The van der Waals surface area contributed by atoms with Crippen molar-refractivity contribution in [2.75, 3.05) is 31.6 Å². The standard InChI is InChI=1S/C20H24N2O3S/c1-2-25-20(24)16-6-3-4-7-17(16)21-19(23)14-22-11-9-15(10-12-22)18-8-5-13-26-18/h3-8,13,15H,2,9-12,14H2,1H3,(H,21,23). The number of carbonyl (C=O) groups is 2. The summed E-state index contributed by atoms with van der Waals surface area (Å²) >= 11 is 1.81. The molecule has 0 saturated carbocycles. The van der Waals surface area contributed by atoms with Crippen LogP contribution in [-0.2, 0) is 9.53 Å². The summed E-state index contributed by atoms with van der Waals surface area (Å²) < 4.78 is 5.05. The van der Waals surface area contributed by atoms with Crippen molar-refractivity contribution in [3.05, 3.63) is 52.2 Å². The summed E-state index contributed by atoms with van der Waals surface area (Å²) in [5.41, 5.74) is 0.892. The summed E-state index contributed by atoms with van der Waals surface area (Å²) in [5.74, 6) is 0.0929. The Morgan fingerprint density at radius 1 is 1.19 bits per heavy atom. The van der Waals surface area contributed by atoms with Crippen molar-refractivity contribution in [2.45, 2.75) is 25.7 Å². The number of thiophene rings is 1. The van der Waals surface area contributed by atoms with Crippen LogP contribution >= 0.6 is 11.3 Å². The molecule has 0 unspecified atom stereocenters. The van der Waals surface area contributed by atoms with Crippen LogP contribution in [0.2, 0.25) is 0 Å². The molecule has 0 radical (unpaired) electrons. The van der Waals surface area contributed by atoms with E-state index in [0.29, 0.717) is 30.3 Å². The molecule has 0 bridgehead atoms.